The monoisotopic (exact) mass is 162 g/mol. The molecule has 0 bridgehead atoms. The van der Waals surface area contributed by atoms with E-state index in [1.807, 2.05) is 13.8 Å². The van der Waals surface area contributed by atoms with E-state index < -0.39 is 11.6 Å². The molecule has 0 radical (unpaired) electrons. The largest absolute Gasteiger partial charge is 0.203 e. The molecule has 1 rings (SSSR count). The summed E-state index contributed by atoms with van der Waals surface area (Å²) in [5.74, 6) is -1.33. The van der Waals surface area contributed by atoms with Gasteiger partial charge in [-0.25, -0.2) is 8.78 Å². The number of halogens is 2. The Morgan fingerprint density at radius 1 is 1.40 bits per heavy atom. The minimum Gasteiger partial charge on any atom is -0.203 e. The molecule has 0 saturated carbocycles. The van der Waals surface area contributed by atoms with Crippen molar-refractivity contribution in [3.8, 4) is 0 Å². The molecular formula is C7H8F2S. The molecule has 10 heavy (non-hydrogen) atoms. The van der Waals surface area contributed by atoms with Gasteiger partial charge in [0, 0.05) is 10.3 Å². The van der Waals surface area contributed by atoms with Gasteiger partial charge in [0.1, 0.15) is 0 Å². The smallest absolute Gasteiger partial charge is 0.172 e. The summed E-state index contributed by atoms with van der Waals surface area (Å²) < 4.78 is 25.0. The van der Waals surface area contributed by atoms with Crippen molar-refractivity contribution in [3.63, 3.8) is 0 Å². The normalized spacial score (nSPS) is 10.9. The fraction of sp³-hybridized carbons (Fsp3) is 0.429. The fourth-order valence-electron chi connectivity index (χ4n) is 0.726. The van der Waals surface area contributed by atoms with E-state index in [-0.39, 0.29) is 5.92 Å². The Morgan fingerprint density at radius 3 is 2.20 bits per heavy atom. The van der Waals surface area contributed by atoms with Gasteiger partial charge in [-0.15, -0.1) is 11.3 Å². The molecule has 1 aromatic rings. The van der Waals surface area contributed by atoms with Crippen molar-refractivity contribution in [2.45, 2.75) is 19.8 Å². The third kappa shape index (κ3) is 1.19. The third-order valence-corrected chi connectivity index (χ3v) is 2.47. The van der Waals surface area contributed by atoms with Crippen LogP contribution < -0.4 is 0 Å². The van der Waals surface area contributed by atoms with E-state index in [0.717, 1.165) is 11.3 Å². The summed E-state index contributed by atoms with van der Waals surface area (Å²) in [6.45, 7) is 3.68. The van der Waals surface area contributed by atoms with Crippen molar-refractivity contribution in [3.05, 3.63) is 21.9 Å². The van der Waals surface area contributed by atoms with Crippen LogP contribution in [0.1, 0.15) is 24.6 Å². The summed E-state index contributed by atoms with van der Waals surface area (Å²) in [7, 11) is 0. The van der Waals surface area contributed by atoms with Gasteiger partial charge in [-0.05, 0) is 5.92 Å². The molecule has 0 aromatic carbocycles. The number of hydrogen-bond acceptors (Lipinski definition) is 1. The molecule has 1 heterocycles. The zero-order chi connectivity index (χ0) is 7.72. The third-order valence-electron chi connectivity index (χ3n) is 1.24. The first-order chi connectivity index (χ1) is 4.63. The van der Waals surface area contributed by atoms with Gasteiger partial charge in [0.2, 0.25) is 0 Å². The molecule has 0 atom stereocenters. The summed E-state index contributed by atoms with van der Waals surface area (Å²) in [6, 6.07) is 0. The molecule has 1 aromatic heterocycles. The molecule has 3 heteroatoms. The van der Waals surface area contributed by atoms with Crippen LogP contribution >= 0.6 is 11.3 Å². The molecule has 0 aliphatic rings. The van der Waals surface area contributed by atoms with E-state index in [1.165, 1.54) is 5.38 Å². The Morgan fingerprint density at radius 2 is 2.00 bits per heavy atom. The molecule has 0 aliphatic heterocycles. The minimum atomic E-state index is -0.728. The number of hydrogen-bond donors (Lipinski definition) is 0. The van der Waals surface area contributed by atoms with Crippen molar-refractivity contribution in [1.29, 1.82) is 0 Å². The van der Waals surface area contributed by atoms with Crippen LogP contribution in [0.15, 0.2) is 5.38 Å². The minimum absolute atomic E-state index is 0.0782. The molecule has 0 fully saturated rings. The van der Waals surface area contributed by atoms with E-state index in [0.29, 0.717) is 4.88 Å². The van der Waals surface area contributed by atoms with Gasteiger partial charge in [0.05, 0.1) is 0 Å². The topological polar surface area (TPSA) is 0 Å². The van der Waals surface area contributed by atoms with E-state index >= 15 is 0 Å². The Labute approximate surface area is 62.5 Å². The van der Waals surface area contributed by atoms with Gasteiger partial charge in [-0.2, -0.15) is 0 Å². The quantitative estimate of drug-likeness (QED) is 0.595. The van der Waals surface area contributed by atoms with Crippen LogP contribution in [0, 0.1) is 11.6 Å². The van der Waals surface area contributed by atoms with Crippen LogP contribution in [0.3, 0.4) is 0 Å². The molecule has 0 saturated heterocycles. The van der Waals surface area contributed by atoms with Gasteiger partial charge in [0.25, 0.3) is 0 Å². The number of rotatable bonds is 1. The Bertz CT molecular complexity index is 228. The van der Waals surface area contributed by atoms with Crippen LogP contribution in [0.4, 0.5) is 8.78 Å². The second-order valence-corrected chi connectivity index (χ2v) is 3.33. The van der Waals surface area contributed by atoms with E-state index in [9.17, 15) is 8.78 Å². The molecule has 0 nitrogen and oxygen atoms in total. The number of thiophene rings is 1. The predicted molar refractivity (Wildman–Crippen MR) is 38.3 cm³/mol. The average molecular weight is 162 g/mol. The van der Waals surface area contributed by atoms with Crippen molar-refractivity contribution in [2.24, 2.45) is 0 Å². The predicted octanol–water partition coefficient (Wildman–Crippen LogP) is 3.15. The lowest BCUT2D eigenvalue weighted by molar-refractivity contribution is 0.505. The highest BCUT2D eigenvalue weighted by molar-refractivity contribution is 7.10. The van der Waals surface area contributed by atoms with Crippen molar-refractivity contribution in [1.82, 2.24) is 0 Å². The van der Waals surface area contributed by atoms with Crippen molar-refractivity contribution in [2.75, 3.05) is 0 Å². The summed E-state index contributed by atoms with van der Waals surface area (Å²) in [5, 5.41) is 1.20. The molecule has 0 spiro atoms. The van der Waals surface area contributed by atoms with Gasteiger partial charge < -0.3 is 0 Å². The van der Waals surface area contributed by atoms with Gasteiger partial charge in [-0.1, -0.05) is 13.8 Å². The van der Waals surface area contributed by atoms with E-state index in [2.05, 4.69) is 0 Å². The fourth-order valence-corrected chi connectivity index (χ4v) is 1.53. The maximum atomic E-state index is 12.6. The SMILES string of the molecule is CC(C)c1scc(F)c1F. The molecule has 0 unspecified atom stereocenters. The van der Waals surface area contributed by atoms with Crippen LogP contribution in [0.25, 0.3) is 0 Å². The van der Waals surface area contributed by atoms with E-state index in [4.69, 9.17) is 0 Å². The lowest BCUT2D eigenvalue weighted by atomic mass is 10.2. The lowest BCUT2D eigenvalue weighted by Gasteiger charge is -1.98. The molecule has 0 N–H and O–H groups in total. The highest BCUT2D eigenvalue weighted by Crippen LogP contribution is 2.26. The maximum absolute atomic E-state index is 12.6. The Hall–Kier alpha value is -0.440. The highest BCUT2D eigenvalue weighted by Gasteiger charge is 2.12. The second-order valence-electron chi connectivity index (χ2n) is 2.42. The molecule has 56 valence electrons. The van der Waals surface area contributed by atoms with Gasteiger partial charge >= 0.3 is 0 Å². The first-order valence-electron chi connectivity index (χ1n) is 3.05. The zero-order valence-corrected chi connectivity index (χ0v) is 6.64. The zero-order valence-electron chi connectivity index (χ0n) is 5.82. The van der Waals surface area contributed by atoms with Crippen LogP contribution in [-0.2, 0) is 0 Å². The standard InChI is InChI=1S/C7H8F2S/c1-4(2)7-6(9)5(8)3-10-7/h3-4H,1-2H3. The molecule has 0 aliphatic carbocycles. The van der Waals surface area contributed by atoms with Crippen molar-refractivity contribution >= 4 is 11.3 Å². The first kappa shape index (κ1) is 7.66. The first-order valence-corrected chi connectivity index (χ1v) is 3.93. The second kappa shape index (κ2) is 2.66. The molecular weight excluding hydrogens is 154 g/mol. The summed E-state index contributed by atoms with van der Waals surface area (Å²) in [6.07, 6.45) is 0. The van der Waals surface area contributed by atoms with Gasteiger partial charge in [0.15, 0.2) is 11.6 Å². The average Bonchev–Trinajstić information content (AvgIpc) is 2.14. The maximum Gasteiger partial charge on any atom is 0.172 e. The molecule has 0 amide bonds. The summed E-state index contributed by atoms with van der Waals surface area (Å²) in [5.41, 5.74) is 0. The van der Waals surface area contributed by atoms with Gasteiger partial charge in [-0.3, -0.25) is 0 Å². The Balaban J connectivity index is 3.05. The lowest BCUT2D eigenvalue weighted by Crippen LogP contribution is -1.86. The van der Waals surface area contributed by atoms with Crippen molar-refractivity contribution < 1.29 is 8.78 Å². The van der Waals surface area contributed by atoms with E-state index in [1.54, 1.807) is 0 Å². The summed E-state index contributed by atoms with van der Waals surface area (Å²) in [4.78, 5) is 0.498. The van der Waals surface area contributed by atoms with Crippen LogP contribution in [-0.4, -0.2) is 0 Å². The van der Waals surface area contributed by atoms with Crippen LogP contribution in [0.2, 0.25) is 0 Å². The Kier molecular flexibility index (Phi) is 2.04. The van der Waals surface area contributed by atoms with Crippen LogP contribution in [0.5, 0.6) is 0 Å². The highest BCUT2D eigenvalue weighted by atomic mass is 32.1. The summed E-state index contributed by atoms with van der Waals surface area (Å²) >= 11 is 1.13.